The molecule has 3 nitrogen and oxygen atoms in total. The molecule has 0 bridgehead atoms. The number of nitrogens with zero attached hydrogens (tertiary/aromatic N) is 3. The summed E-state index contributed by atoms with van der Waals surface area (Å²) >= 11 is 0. The minimum absolute atomic E-state index is 0.628. The van der Waals surface area contributed by atoms with Crippen molar-refractivity contribution < 1.29 is 0 Å². The standard InChI is InChI=1S/C43H27N3/c1-44-38-21-12-20-33(43(38)46-40-23-9-6-17-34(40)35-18-7-10-24-41(35)46)31-14-11-13-29(27-31)30-25-26-37-36-19-5-8-22-39(36)45(42(37)28-30)32-15-3-2-4-16-32/h2-28H. The van der Waals surface area contributed by atoms with Gasteiger partial charge in [-0.05, 0) is 64.7 Å². The van der Waals surface area contributed by atoms with Crippen molar-refractivity contribution in [3.05, 3.63) is 175 Å². The lowest BCUT2D eigenvalue weighted by Gasteiger charge is -2.17. The molecule has 0 amide bonds. The van der Waals surface area contributed by atoms with Gasteiger partial charge in [0.05, 0.1) is 34.3 Å². The van der Waals surface area contributed by atoms with Crippen molar-refractivity contribution >= 4 is 49.3 Å². The van der Waals surface area contributed by atoms with Gasteiger partial charge >= 0.3 is 0 Å². The average Bonchev–Trinajstić information content (AvgIpc) is 3.64. The van der Waals surface area contributed by atoms with E-state index in [1.807, 2.05) is 12.1 Å². The van der Waals surface area contributed by atoms with Crippen molar-refractivity contribution in [1.29, 1.82) is 0 Å². The van der Waals surface area contributed by atoms with E-state index in [2.05, 4.69) is 166 Å². The van der Waals surface area contributed by atoms with E-state index in [4.69, 9.17) is 6.57 Å². The van der Waals surface area contributed by atoms with Gasteiger partial charge in [0.2, 0.25) is 5.69 Å². The van der Waals surface area contributed by atoms with Crippen LogP contribution in [0, 0.1) is 6.57 Å². The van der Waals surface area contributed by atoms with Crippen molar-refractivity contribution in [2.45, 2.75) is 0 Å². The topological polar surface area (TPSA) is 14.2 Å². The van der Waals surface area contributed by atoms with Crippen molar-refractivity contribution in [3.63, 3.8) is 0 Å². The molecule has 0 saturated carbocycles. The van der Waals surface area contributed by atoms with Crippen LogP contribution < -0.4 is 0 Å². The Hall–Kier alpha value is -6.37. The number of fused-ring (bicyclic) bond motifs is 6. The second kappa shape index (κ2) is 10.4. The molecule has 0 atom stereocenters. The van der Waals surface area contributed by atoms with E-state index in [1.54, 1.807) is 0 Å². The summed E-state index contributed by atoms with van der Waals surface area (Å²) in [7, 11) is 0. The van der Waals surface area contributed by atoms with E-state index < -0.39 is 0 Å². The Balaban J connectivity index is 1.26. The molecule has 46 heavy (non-hydrogen) atoms. The Labute approximate surface area is 266 Å². The Morgan fingerprint density at radius 3 is 1.61 bits per heavy atom. The molecule has 0 spiro atoms. The maximum Gasteiger partial charge on any atom is 0.211 e. The molecule has 0 aliphatic carbocycles. The molecule has 0 fully saturated rings. The fourth-order valence-electron chi connectivity index (χ4n) is 7.12. The Morgan fingerprint density at radius 1 is 0.391 bits per heavy atom. The average molecular weight is 586 g/mol. The van der Waals surface area contributed by atoms with Crippen molar-refractivity contribution in [3.8, 4) is 33.6 Å². The van der Waals surface area contributed by atoms with Crippen molar-refractivity contribution in [1.82, 2.24) is 9.13 Å². The van der Waals surface area contributed by atoms with Gasteiger partial charge in [0.1, 0.15) is 0 Å². The van der Waals surface area contributed by atoms with Crippen LogP contribution in [-0.2, 0) is 0 Å². The fourth-order valence-corrected chi connectivity index (χ4v) is 7.12. The first-order valence-corrected chi connectivity index (χ1v) is 15.5. The normalized spacial score (nSPS) is 11.5. The molecule has 0 aliphatic heterocycles. The summed E-state index contributed by atoms with van der Waals surface area (Å²) in [4.78, 5) is 4.03. The first-order chi connectivity index (χ1) is 22.8. The third-order valence-electron chi connectivity index (χ3n) is 9.13. The monoisotopic (exact) mass is 585 g/mol. The lowest BCUT2D eigenvalue weighted by Crippen LogP contribution is -1.98. The van der Waals surface area contributed by atoms with Crippen LogP contribution in [0.4, 0.5) is 5.69 Å². The zero-order valence-electron chi connectivity index (χ0n) is 24.9. The van der Waals surface area contributed by atoms with Crippen LogP contribution in [0.15, 0.2) is 164 Å². The maximum absolute atomic E-state index is 8.16. The Kier molecular flexibility index (Phi) is 5.88. The molecule has 2 aromatic heterocycles. The lowest BCUT2D eigenvalue weighted by molar-refractivity contribution is 1.18. The smallest absolute Gasteiger partial charge is 0.211 e. The highest BCUT2D eigenvalue weighted by Gasteiger charge is 2.19. The van der Waals surface area contributed by atoms with E-state index in [1.165, 1.54) is 32.6 Å². The van der Waals surface area contributed by atoms with E-state index in [0.29, 0.717) is 5.69 Å². The van der Waals surface area contributed by atoms with E-state index >= 15 is 0 Å². The van der Waals surface area contributed by atoms with Gasteiger partial charge in [-0.1, -0.05) is 121 Å². The number of hydrogen-bond donors (Lipinski definition) is 0. The fraction of sp³-hybridized carbons (Fsp3) is 0. The minimum Gasteiger partial charge on any atom is -0.318 e. The molecule has 0 saturated heterocycles. The highest BCUT2D eigenvalue weighted by Crippen LogP contribution is 2.42. The Bertz CT molecular complexity index is 2600. The zero-order chi connectivity index (χ0) is 30.6. The molecular formula is C43H27N3. The maximum atomic E-state index is 8.16. The van der Waals surface area contributed by atoms with Crippen molar-refractivity contribution in [2.24, 2.45) is 0 Å². The number of hydrogen-bond acceptors (Lipinski definition) is 0. The van der Waals surface area contributed by atoms with Crippen LogP contribution in [0.2, 0.25) is 0 Å². The van der Waals surface area contributed by atoms with Crippen LogP contribution in [0.1, 0.15) is 0 Å². The summed E-state index contributed by atoms with van der Waals surface area (Å²) in [5.74, 6) is 0. The second-order valence-corrected chi connectivity index (χ2v) is 11.7. The van der Waals surface area contributed by atoms with E-state index in [-0.39, 0.29) is 0 Å². The minimum atomic E-state index is 0.628. The van der Waals surface area contributed by atoms with Gasteiger partial charge in [-0.2, -0.15) is 0 Å². The zero-order valence-corrected chi connectivity index (χ0v) is 24.9. The number of aromatic nitrogens is 2. The second-order valence-electron chi connectivity index (χ2n) is 11.7. The van der Waals surface area contributed by atoms with Gasteiger partial charge in [0, 0.05) is 27.2 Å². The SMILES string of the molecule is [C-]#[N+]c1cccc(-c2cccc(-c3ccc4c5ccccc5n(-c5ccccc5)c4c3)c2)c1-n1c2ccccc2c2ccccc21. The summed E-state index contributed by atoms with van der Waals surface area (Å²) < 4.78 is 4.63. The summed E-state index contributed by atoms with van der Waals surface area (Å²) in [6, 6.07) is 57.7. The lowest BCUT2D eigenvalue weighted by atomic mass is 9.96. The molecule has 0 N–H and O–H groups in total. The van der Waals surface area contributed by atoms with Gasteiger partial charge in [0.15, 0.2) is 0 Å². The third-order valence-corrected chi connectivity index (χ3v) is 9.13. The van der Waals surface area contributed by atoms with Crippen LogP contribution in [0.3, 0.4) is 0 Å². The van der Waals surface area contributed by atoms with Crippen LogP contribution >= 0.6 is 0 Å². The highest BCUT2D eigenvalue weighted by molar-refractivity contribution is 6.11. The van der Waals surface area contributed by atoms with Gasteiger partial charge < -0.3 is 9.13 Å². The summed E-state index contributed by atoms with van der Waals surface area (Å²) in [6.45, 7) is 8.16. The number of benzene rings is 7. The molecule has 0 aliphatic rings. The van der Waals surface area contributed by atoms with Crippen LogP contribution in [0.5, 0.6) is 0 Å². The molecule has 3 heteroatoms. The molecule has 0 unspecified atom stereocenters. The van der Waals surface area contributed by atoms with Gasteiger partial charge in [-0.15, -0.1) is 0 Å². The predicted molar refractivity (Wildman–Crippen MR) is 192 cm³/mol. The molecule has 7 aromatic carbocycles. The van der Waals surface area contributed by atoms with E-state index in [0.717, 1.165) is 44.7 Å². The molecule has 9 aromatic rings. The van der Waals surface area contributed by atoms with Gasteiger partial charge in [-0.3, -0.25) is 0 Å². The van der Waals surface area contributed by atoms with Gasteiger partial charge in [-0.25, -0.2) is 4.85 Å². The van der Waals surface area contributed by atoms with Crippen molar-refractivity contribution in [2.75, 3.05) is 0 Å². The van der Waals surface area contributed by atoms with Gasteiger partial charge in [0.25, 0.3) is 0 Å². The van der Waals surface area contributed by atoms with Crippen LogP contribution in [0.25, 0.3) is 82.1 Å². The largest absolute Gasteiger partial charge is 0.318 e. The molecule has 2 heterocycles. The first kappa shape index (κ1) is 26.1. The predicted octanol–water partition coefficient (Wildman–Crippen LogP) is 11.8. The van der Waals surface area contributed by atoms with E-state index in [9.17, 15) is 0 Å². The first-order valence-electron chi connectivity index (χ1n) is 15.5. The highest BCUT2D eigenvalue weighted by atomic mass is 15.0. The van der Waals surface area contributed by atoms with Crippen LogP contribution in [-0.4, -0.2) is 9.13 Å². The molecule has 214 valence electrons. The molecular weight excluding hydrogens is 558 g/mol. The third kappa shape index (κ3) is 3.91. The summed E-state index contributed by atoms with van der Waals surface area (Å²) in [6.07, 6.45) is 0. The molecule has 9 rings (SSSR count). The number of rotatable bonds is 4. The quantitative estimate of drug-likeness (QED) is 0.182. The summed E-state index contributed by atoms with van der Waals surface area (Å²) in [5, 5.41) is 4.84. The molecule has 0 radical (unpaired) electrons. The Morgan fingerprint density at radius 2 is 0.935 bits per heavy atom. The number of para-hydroxylation sites is 5. The summed E-state index contributed by atoms with van der Waals surface area (Å²) in [5.41, 5.74) is 11.6.